The van der Waals surface area contributed by atoms with Crippen LogP contribution in [0.4, 0.5) is 13.2 Å². The van der Waals surface area contributed by atoms with Crippen molar-refractivity contribution in [1.29, 1.82) is 0 Å². The van der Waals surface area contributed by atoms with E-state index in [9.17, 15) is 32.7 Å². The summed E-state index contributed by atoms with van der Waals surface area (Å²) in [4.78, 5) is 41.7. The van der Waals surface area contributed by atoms with Gasteiger partial charge >= 0.3 is 18.1 Å². The van der Waals surface area contributed by atoms with Crippen molar-refractivity contribution in [2.75, 3.05) is 6.54 Å². The van der Waals surface area contributed by atoms with Gasteiger partial charge in [0.25, 0.3) is 5.56 Å². The van der Waals surface area contributed by atoms with Crippen molar-refractivity contribution in [2.24, 2.45) is 0 Å². The molecule has 1 amide bonds. The number of ether oxygens (including phenoxy) is 2. The van der Waals surface area contributed by atoms with Crippen LogP contribution in [-0.2, 0) is 37.8 Å². The lowest BCUT2D eigenvalue weighted by Gasteiger charge is -2.41. The Morgan fingerprint density at radius 2 is 2.06 bits per heavy atom. The summed E-state index contributed by atoms with van der Waals surface area (Å²) < 4.78 is 49.8. The van der Waals surface area contributed by atoms with Gasteiger partial charge in [-0.25, -0.2) is 4.98 Å². The van der Waals surface area contributed by atoms with E-state index in [1.54, 1.807) is 13.0 Å². The van der Waals surface area contributed by atoms with Crippen molar-refractivity contribution >= 4 is 22.8 Å². The third-order valence-corrected chi connectivity index (χ3v) is 6.49. The molecule has 9 nitrogen and oxygen atoms in total. The smallest absolute Gasteiger partial charge is 0.447 e. The number of fused-ring (bicyclic) bond motifs is 5. The first-order valence-corrected chi connectivity index (χ1v) is 11.1. The van der Waals surface area contributed by atoms with Crippen molar-refractivity contribution < 1.29 is 37.3 Å². The SMILES string of the molecule is CC[C@]1(OC(=O)CNC(=O)C(F)(F)F)c2cc3n(c(=O)c2COC1O)Cc1cc2ccccc2nc1-3. The normalized spacial score (nSPS) is 20.4. The summed E-state index contributed by atoms with van der Waals surface area (Å²) in [5.41, 5.74) is 0.554. The van der Waals surface area contributed by atoms with Gasteiger partial charge in [-0.1, -0.05) is 25.1 Å². The van der Waals surface area contributed by atoms with Gasteiger partial charge in [0.2, 0.25) is 0 Å². The number of hydrogen-bond acceptors (Lipinski definition) is 7. The molecule has 0 fully saturated rings. The number of halogens is 3. The number of pyridine rings is 2. The second-order valence-electron chi connectivity index (χ2n) is 8.56. The molecule has 1 aromatic carbocycles. The number of carbonyl (C=O) groups is 2. The van der Waals surface area contributed by atoms with Gasteiger partial charge in [-0.05, 0) is 24.6 Å². The van der Waals surface area contributed by atoms with Crippen LogP contribution in [0.3, 0.4) is 0 Å². The minimum atomic E-state index is -5.18. The molecule has 3 aromatic rings. The predicted molar refractivity (Wildman–Crippen MR) is 118 cm³/mol. The number of esters is 1. The molecule has 5 rings (SSSR count). The zero-order valence-corrected chi connectivity index (χ0v) is 18.9. The number of carbonyl (C=O) groups excluding carboxylic acids is 2. The van der Waals surface area contributed by atoms with Gasteiger partial charge in [0.1, 0.15) is 6.54 Å². The maximum Gasteiger partial charge on any atom is 0.471 e. The number of rotatable bonds is 4. The van der Waals surface area contributed by atoms with E-state index in [1.807, 2.05) is 30.3 Å². The van der Waals surface area contributed by atoms with Crippen LogP contribution in [0.5, 0.6) is 0 Å². The van der Waals surface area contributed by atoms with Gasteiger partial charge in [0, 0.05) is 16.5 Å². The Balaban J connectivity index is 1.56. The highest BCUT2D eigenvalue weighted by molar-refractivity contribution is 5.86. The molecule has 2 aliphatic rings. The molecule has 0 saturated heterocycles. The lowest BCUT2D eigenvalue weighted by Crippen LogP contribution is -2.51. The molecule has 0 bridgehead atoms. The van der Waals surface area contributed by atoms with E-state index in [-0.39, 0.29) is 30.7 Å². The van der Waals surface area contributed by atoms with Crippen LogP contribution in [0.25, 0.3) is 22.3 Å². The zero-order valence-electron chi connectivity index (χ0n) is 18.9. The first-order chi connectivity index (χ1) is 17.0. The van der Waals surface area contributed by atoms with E-state index >= 15 is 0 Å². The number of nitrogens with zero attached hydrogens (tertiary/aromatic N) is 2. The first-order valence-electron chi connectivity index (χ1n) is 11.1. The number of amides is 1. The van der Waals surface area contributed by atoms with Crippen molar-refractivity contribution in [3.63, 3.8) is 0 Å². The number of benzene rings is 1. The highest BCUT2D eigenvalue weighted by Gasteiger charge is 2.49. The molecule has 1 unspecified atom stereocenters. The quantitative estimate of drug-likeness (QED) is 0.410. The molecule has 2 atom stereocenters. The van der Waals surface area contributed by atoms with Gasteiger partial charge in [0.05, 0.1) is 35.6 Å². The standard InChI is InChI=1S/C24H20F3N3O6/c1-2-23(36-18(31)9-28-21(33)24(25,26)27)15-8-17-19-13(7-12-5-3-4-6-16(12)29-19)10-30(17)20(32)14(15)11-35-22(23)34/h3-8,22,34H,2,9-11H2,1H3,(H,28,33)/t22?,23-/m0/s1. The Labute approximate surface area is 201 Å². The topological polar surface area (TPSA) is 120 Å². The Morgan fingerprint density at radius 3 is 2.78 bits per heavy atom. The summed E-state index contributed by atoms with van der Waals surface area (Å²) in [5, 5.41) is 13.0. The van der Waals surface area contributed by atoms with Gasteiger partial charge in [-0.2, -0.15) is 13.2 Å². The molecule has 2 aromatic heterocycles. The molecule has 2 aliphatic heterocycles. The molecular formula is C24H20F3N3O6. The van der Waals surface area contributed by atoms with Crippen LogP contribution in [0.2, 0.25) is 0 Å². The summed E-state index contributed by atoms with van der Waals surface area (Å²) in [6.07, 6.45) is -6.95. The predicted octanol–water partition coefficient (Wildman–Crippen LogP) is 2.10. The molecule has 0 saturated carbocycles. The van der Waals surface area contributed by atoms with Crippen molar-refractivity contribution in [3.05, 3.63) is 63.4 Å². The minimum absolute atomic E-state index is 0.0684. The fraction of sp³-hybridized carbons (Fsp3) is 0.333. The highest BCUT2D eigenvalue weighted by Crippen LogP contribution is 2.42. The Hall–Kier alpha value is -3.77. The van der Waals surface area contributed by atoms with E-state index in [4.69, 9.17) is 14.5 Å². The van der Waals surface area contributed by atoms with Gasteiger partial charge in [0.15, 0.2) is 11.9 Å². The van der Waals surface area contributed by atoms with Crippen LogP contribution >= 0.6 is 0 Å². The fourth-order valence-corrected chi connectivity index (χ4v) is 4.70. The molecule has 0 aliphatic carbocycles. The molecule has 12 heteroatoms. The molecule has 2 N–H and O–H groups in total. The maximum absolute atomic E-state index is 13.4. The summed E-state index contributed by atoms with van der Waals surface area (Å²) >= 11 is 0. The molecule has 0 spiro atoms. The van der Waals surface area contributed by atoms with E-state index in [0.717, 1.165) is 10.9 Å². The largest absolute Gasteiger partial charge is 0.471 e. The third-order valence-electron chi connectivity index (χ3n) is 6.49. The number of nitrogens with one attached hydrogen (secondary N) is 1. The number of aliphatic hydroxyl groups excluding tert-OH is 1. The van der Waals surface area contributed by atoms with Crippen molar-refractivity contribution in [1.82, 2.24) is 14.9 Å². The molecule has 0 radical (unpaired) electrons. The molecule has 4 heterocycles. The van der Waals surface area contributed by atoms with Crippen LogP contribution < -0.4 is 10.9 Å². The number of alkyl halides is 3. The Kier molecular flexibility index (Phi) is 5.60. The number of aromatic nitrogens is 2. The lowest BCUT2D eigenvalue weighted by atomic mass is 9.84. The maximum atomic E-state index is 13.4. The highest BCUT2D eigenvalue weighted by atomic mass is 19.4. The van der Waals surface area contributed by atoms with E-state index in [2.05, 4.69) is 0 Å². The third kappa shape index (κ3) is 3.73. The van der Waals surface area contributed by atoms with Gasteiger partial charge in [-0.3, -0.25) is 14.4 Å². The fourth-order valence-electron chi connectivity index (χ4n) is 4.70. The van der Waals surface area contributed by atoms with E-state index in [1.165, 1.54) is 9.88 Å². The number of aliphatic hydroxyl groups is 1. The molecule has 36 heavy (non-hydrogen) atoms. The van der Waals surface area contributed by atoms with E-state index < -0.39 is 42.0 Å². The summed E-state index contributed by atoms with van der Waals surface area (Å²) in [6.45, 7) is 0.473. The second kappa shape index (κ2) is 8.42. The first kappa shape index (κ1) is 23.9. The van der Waals surface area contributed by atoms with E-state index in [0.29, 0.717) is 16.9 Å². The van der Waals surface area contributed by atoms with Crippen LogP contribution in [0.1, 0.15) is 30.0 Å². The number of para-hydroxylation sites is 1. The second-order valence-corrected chi connectivity index (χ2v) is 8.56. The van der Waals surface area contributed by atoms with Gasteiger partial charge < -0.3 is 24.5 Å². The molecule has 188 valence electrons. The minimum Gasteiger partial charge on any atom is -0.447 e. The summed E-state index contributed by atoms with van der Waals surface area (Å²) in [6, 6.07) is 11.0. The summed E-state index contributed by atoms with van der Waals surface area (Å²) in [7, 11) is 0. The average molecular weight is 503 g/mol. The molecular weight excluding hydrogens is 483 g/mol. The monoisotopic (exact) mass is 503 g/mol. The van der Waals surface area contributed by atoms with Crippen LogP contribution in [-0.4, -0.2) is 45.5 Å². The van der Waals surface area contributed by atoms with Crippen LogP contribution in [0, 0.1) is 0 Å². The zero-order chi connectivity index (χ0) is 25.8. The van der Waals surface area contributed by atoms with Crippen LogP contribution in [0.15, 0.2) is 41.2 Å². The van der Waals surface area contributed by atoms with Gasteiger partial charge in [-0.15, -0.1) is 0 Å². The number of hydrogen-bond donors (Lipinski definition) is 2. The Bertz CT molecular complexity index is 1470. The Morgan fingerprint density at radius 1 is 1.31 bits per heavy atom. The van der Waals surface area contributed by atoms with Crippen molar-refractivity contribution in [2.45, 2.75) is 44.6 Å². The lowest BCUT2D eigenvalue weighted by molar-refractivity contribution is -0.250. The summed E-state index contributed by atoms with van der Waals surface area (Å²) in [5.74, 6) is -3.55. The van der Waals surface area contributed by atoms with Crippen molar-refractivity contribution in [3.8, 4) is 11.4 Å². The average Bonchev–Trinajstić information content (AvgIpc) is 3.20.